The Kier molecular flexibility index (Phi) is 7.63. The lowest BCUT2D eigenvalue weighted by molar-refractivity contribution is 0.0952. The van der Waals surface area contributed by atoms with E-state index in [2.05, 4.69) is 54.1 Å². The molecule has 0 unspecified atom stereocenters. The molecule has 1 heterocycles. The van der Waals surface area contributed by atoms with Crippen molar-refractivity contribution in [2.75, 3.05) is 13.2 Å². The number of hydrogen-bond acceptors (Lipinski definition) is 3. The summed E-state index contributed by atoms with van der Waals surface area (Å²) >= 11 is 0. The molecule has 0 aliphatic heterocycles. The number of hydrogen-bond donors (Lipinski definition) is 1. The van der Waals surface area contributed by atoms with Gasteiger partial charge in [-0.3, -0.25) is 4.79 Å². The number of fused-ring (bicyclic) bond motifs is 1. The van der Waals surface area contributed by atoms with E-state index < -0.39 is 0 Å². The Morgan fingerprint density at radius 1 is 0.941 bits per heavy atom. The molecule has 4 aromatic rings. The number of carbonyl (C=O) groups excluding carboxylic acids is 1. The van der Waals surface area contributed by atoms with Gasteiger partial charge < -0.3 is 14.6 Å². The molecule has 0 saturated carbocycles. The van der Waals surface area contributed by atoms with Crippen molar-refractivity contribution in [3.05, 3.63) is 94.8 Å². The normalized spacial score (nSPS) is 11.0. The van der Waals surface area contributed by atoms with Gasteiger partial charge in [-0.2, -0.15) is 0 Å². The number of aromatic nitrogens is 2. The molecule has 0 aliphatic carbocycles. The van der Waals surface area contributed by atoms with Crippen LogP contribution in [0.1, 0.15) is 45.7 Å². The van der Waals surface area contributed by atoms with Crippen LogP contribution in [0.15, 0.2) is 66.7 Å². The zero-order valence-electron chi connectivity index (χ0n) is 20.3. The molecule has 0 spiro atoms. The van der Waals surface area contributed by atoms with Crippen molar-refractivity contribution in [2.24, 2.45) is 0 Å². The molecular formula is C29H33N3O2. The molecule has 5 heteroatoms. The fourth-order valence-electron chi connectivity index (χ4n) is 4.30. The van der Waals surface area contributed by atoms with Crippen molar-refractivity contribution < 1.29 is 9.53 Å². The molecule has 5 nitrogen and oxygen atoms in total. The molecule has 3 aromatic carbocycles. The van der Waals surface area contributed by atoms with E-state index in [1.165, 1.54) is 11.1 Å². The Labute approximate surface area is 201 Å². The van der Waals surface area contributed by atoms with E-state index >= 15 is 0 Å². The predicted molar refractivity (Wildman–Crippen MR) is 138 cm³/mol. The maximum absolute atomic E-state index is 12.5. The lowest BCUT2D eigenvalue weighted by Gasteiger charge is -2.12. The quantitative estimate of drug-likeness (QED) is 0.308. The summed E-state index contributed by atoms with van der Waals surface area (Å²) in [6.45, 7) is 8.25. The van der Waals surface area contributed by atoms with Crippen molar-refractivity contribution in [1.29, 1.82) is 0 Å². The van der Waals surface area contributed by atoms with Gasteiger partial charge in [0.25, 0.3) is 5.91 Å². The third kappa shape index (κ3) is 5.66. The first-order valence-corrected chi connectivity index (χ1v) is 12.0. The van der Waals surface area contributed by atoms with Gasteiger partial charge in [0, 0.05) is 25.1 Å². The minimum atomic E-state index is -0.0184. The van der Waals surface area contributed by atoms with E-state index in [-0.39, 0.29) is 5.91 Å². The minimum absolute atomic E-state index is 0.0184. The van der Waals surface area contributed by atoms with Crippen LogP contribution in [0, 0.1) is 20.8 Å². The molecule has 1 N–H and O–H groups in total. The van der Waals surface area contributed by atoms with Crippen molar-refractivity contribution >= 4 is 16.9 Å². The van der Waals surface area contributed by atoms with Crippen LogP contribution in [-0.2, 0) is 13.0 Å². The molecule has 176 valence electrons. The molecule has 0 bridgehead atoms. The van der Waals surface area contributed by atoms with Gasteiger partial charge in [-0.1, -0.05) is 48.0 Å². The predicted octanol–water partition coefficient (Wildman–Crippen LogP) is 5.79. The van der Waals surface area contributed by atoms with Gasteiger partial charge in [0.05, 0.1) is 17.6 Å². The van der Waals surface area contributed by atoms with Crippen molar-refractivity contribution in [3.8, 4) is 5.75 Å². The van der Waals surface area contributed by atoms with E-state index in [0.717, 1.165) is 59.5 Å². The summed E-state index contributed by atoms with van der Waals surface area (Å²) in [6, 6.07) is 22.2. The van der Waals surface area contributed by atoms with Gasteiger partial charge in [0.1, 0.15) is 11.6 Å². The highest BCUT2D eigenvalue weighted by Crippen LogP contribution is 2.20. The van der Waals surface area contributed by atoms with E-state index in [1.54, 1.807) is 0 Å². The SMILES string of the molecule is Cc1ccc(OCCCn2c(CCCNC(=O)c3ccccc3C)nc3ccccc32)c(C)c1. The highest BCUT2D eigenvalue weighted by atomic mass is 16.5. The van der Waals surface area contributed by atoms with Crippen LogP contribution in [0.4, 0.5) is 0 Å². The summed E-state index contributed by atoms with van der Waals surface area (Å²) in [7, 11) is 0. The van der Waals surface area contributed by atoms with E-state index in [1.807, 2.05) is 43.3 Å². The maximum atomic E-state index is 12.5. The average molecular weight is 456 g/mol. The molecule has 1 aromatic heterocycles. The summed E-state index contributed by atoms with van der Waals surface area (Å²) in [4.78, 5) is 17.3. The van der Waals surface area contributed by atoms with Crippen molar-refractivity contribution in [1.82, 2.24) is 14.9 Å². The number of para-hydroxylation sites is 2. The monoisotopic (exact) mass is 455 g/mol. The first-order chi connectivity index (χ1) is 16.5. The molecule has 0 atom stereocenters. The van der Waals surface area contributed by atoms with Crippen LogP contribution < -0.4 is 10.1 Å². The fraction of sp³-hybridized carbons (Fsp3) is 0.310. The van der Waals surface area contributed by atoms with Crippen LogP contribution >= 0.6 is 0 Å². The number of carbonyl (C=O) groups is 1. The number of rotatable bonds is 10. The van der Waals surface area contributed by atoms with Crippen molar-refractivity contribution in [3.63, 3.8) is 0 Å². The van der Waals surface area contributed by atoms with Crippen LogP contribution in [0.3, 0.4) is 0 Å². The Morgan fingerprint density at radius 2 is 1.74 bits per heavy atom. The van der Waals surface area contributed by atoms with Gasteiger partial charge in [0.15, 0.2) is 0 Å². The van der Waals surface area contributed by atoms with Gasteiger partial charge in [-0.15, -0.1) is 0 Å². The largest absolute Gasteiger partial charge is 0.493 e. The minimum Gasteiger partial charge on any atom is -0.493 e. The summed E-state index contributed by atoms with van der Waals surface area (Å²) in [5.41, 5.74) is 6.30. The van der Waals surface area contributed by atoms with Gasteiger partial charge in [-0.25, -0.2) is 4.98 Å². The molecule has 0 saturated heterocycles. The number of amides is 1. The number of imidazole rings is 1. The highest BCUT2D eigenvalue weighted by molar-refractivity contribution is 5.95. The first-order valence-electron chi connectivity index (χ1n) is 12.0. The van der Waals surface area contributed by atoms with Gasteiger partial charge >= 0.3 is 0 Å². The number of nitrogens with one attached hydrogen (secondary N) is 1. The molecular weight excluding hydrogens is 422 g/mol. The number of nitrogens with zero attached hydrogens (tertiary/aromatic N) is 2. The Morgan fingerprint density at radius 3 is 2.56 bits per heavy atom. The van der Waals surface area contributed by atoms with Crippen LogP contribution in [-0.4, -0.2) is 28.6 Å². The number of benzene rings is 3. The van der Waals surface area contributed by atoms with Crippen LogP contribution in [0.25, 0.3) is 11.0 Å². The third-order valence-corrected chi connectivity index (χ3v) is 6.10. The Hall–Kier alpha value is -3.60. The maximum Gasteiger partial charge on any atom is 0.251 e. The van der Waals surface area contributed by atoms with Crippen molar-refractivity contribution in [2.45, 2.75) is 46.6 Å². The molecule has 34 heavy (non-hydrogen) atoms. The smallest absolute Gasteiger partial charge is 0.251 e. The Bertz CT molecular complexity index is 1280. The summed E-state index contributed by atoms with van der Waals surface area (Å²) in [5.74, 6) is 1.98. The fourth-order valence-corrected chi connectivity index (χ4v) is 4.30. The average Bonchev–Trinajstić information content (AvgIpc) is 3.18. The Balaban J connectivity index is 1.34. The molecule has 0 radical (unpaired) electrons. The zero-order chi connectivity index (χ0) is 23.9. The molecule has 1 amide bonds. The molecule has 4 rings (SSSR count). The zero-order valence-corrected chi connectivity index (χ0v) is 20.3. The summed E-state index contributed by atoms with van der Waals surface area (Å²) in [5, 5.41) is 3.05. The molecule has 0 fully saturated rings. The summed E-state index contributed by atoms with van der Waals surface area (Å²) < 4.78 is 8.33. The second-order valence-electron chi connectivity index (χ2n) is 8.81. The number of ether oxygens (including phenoxy) is 1. The first kappa shape index (κ1) is 23.6. The topological polar surface area (TPSA) is 56.1 Å². The highest BCUT2D eigenvalue weighted by Gasteiger charge is 2.12. The number of aryl methyl sites for hydroxylation is 5. The lowest BCUT2D eigenvalue weighted by atomic mass is 10.1. The lowest BCUT2D eigenvalue weighted by Crippen LogP contribution is -2.25. The van der Waals surface area contributed by atoms with E-state index in [9.17, 15) is 4.79 Å². The van der Waals surface area contributed by atoms with Gasteiger partial charge in [-0.05, 0) is 69.0 Å². The van der Waals surface area contributed by atoms with Gasteiger partial charge in [0.2, 0.25) is 0 Å². The summed E-state index contributed by atoms with van der Waals surface area (Å²) in [6.07, 6.45) is 2.53. The van der Waals surface area contributed by atoms with E-state index in [0.29, 0.717) is 13.2 Å². The van der Waals surface area contributed by atoms with Crippen LogP contribution in [0.5, 0.6) is 5.75 Å². The van der Waals surface area contributed by atoms with E-state index in [4.69, 9.17) is 9.72 Å². The molecule has 0 aliphatic rings. The van der Waals surface area contributed by atoms with Crippen LogP contribution in [0.2, 0.25) is 0 Å². The standard InChI is InChI=1S/C29H33N3O2/c1-21-15-16-27(23(3)20-21)34-19-9-18-32-26-13-7-6-12-25(26)31-28(32)14-8-17-30-29(33)24-11-5-4-10-22(24)2/h4-7,10-13,15-16,20H,8-9,14,17-19H2,1-3H3,(H,30,33). The second-order valence-corrected chi connectivity index (χ2v) is 8.81. The second kappa shape index (κ2) is 11.0. The third-order valence-electron chi connectivity index (χ3n) is 6.10.